The highest BCUT2D eigenvalue weighted by molar-refractivity contribution is 7.90. The van der Waals surface area contributed by atoms with Crippen LogP contribution >= 0.6 is 0 Å². The number of imidazole rings is 1. The van der Waals surface area contributed by atoms with Crippen molar-refractivity contribution < 1.29 is 39.9 Å². The number of rotatable bonds is 6. The van der Waals surface area contributed by atoms with Crippen molar-refractivity contribution >= 4 is 9.84 Å². The van der Waals surface area contributed by atoms with E-state index in [1.54, 1.807) is 18.2 Å². The summed E-state index contributed by atoms with van der Waals surface area (Å²) >= 11 is 0. The van der Waals surface area contributed by atoms with Crippen molar-refractivity contribution in [1.82, 2.24) is 14.5 Å². The zero-order chi connectivity index (χ0) is 30.6. The summed E-state index contributed by atoms with van der Waals surface area (Å²) in [5.74, 6) is -2.03. The molecule has 0 unspecified atom stereocenters. The minimum absolute atomic E-state index is 0.0116. The van der Waals surface area contributed by atoms with Gasteiger partial charge >= 0.3 is 6.18 Å². The molecule has 13 heteroatoms. The molecule has 0 aliphatic carbocycles. The van der Waals surface area contributed by atoms with E-state index in [2.05, 4.69) is 9.97 Å². The van der Waals surface area contributed by atoms with Gasteiger partial charge in [0, 0.05) is 30.5 Å². The fraction of sp³-hybridized carbons (Fsp3) is 0.172. The zero-order valence-corrected chi connectivity index (χ0v) is 23.1. The fourth-order valence-corrected chi connectivity index (χ4v) is 5.57. The van der Waals surface area contributed by atoms with Crippen molar-refractivity contribution in [2.75, 3.05) is 6.26 Å². The Morgan fingerprint density at radius 3 is 2.19 bits per heavy atom. The number of alkyl halides is 3. The zero-order valence-electron chi connectivity index (χ0n) is 22.3. The third-order valence-electron chi connectivity index (χ3n) is 6.57. The molecule has 0 atom stereocenters. The van der Waals surface area contributed by atoms with Crippen LogP contribution in [0.25, 0.3) is 39.4 Å². The summed E-state index contributed by atoms with van der Waals surface area (Å²) in [6.07, 6.45) is -2.88. The molecule has 0 fully saturated rings. The van der Waals surface area contributed by atoms with Crippen LogP contribution in [0.2, 0.25) is 0 Å². The summed E-state index contributed by atoms with van der Waals surface area (Å²) in [5, 5.41) is 9.64. The molecule has 0 saturated carbocycles. The fourth-order valence-electron chi connectivity index (χ4n) is 4.62. The van der Waals surface area contributed by atoms with E-state index in [4.69, 9.17) is 4.42 Å². The second kappa shape index (κ2) is 10.5. The average Bonchev–Trinajstić information content (AvgIpc) is 3.51. The lowest BCUT2D eigenvalue weighted by molar-refractivity contribution is -0.141. The third kappa shape index (κ3) is 5.44. The molecular weight excluding hydrogens is 581 g/mol. The Kier molecular flexibility index (Phi) is 7.27. The first-order chi connectivity index (χ1) is 19.7. The minimum Gasteiger partial charge on any atom is -0.440 e. The summed E-state index contributed by atoms with van der Waals surface area (Å²) in [6.45, 7) is 2.40. The van der Waals surface area contributed by atoms with Gasteiger partial charge in [-0.05, 0) is 60.0 Å². The van der Waals surface area contributed by atoms with E-state index in [0.29, 0.717) is 11.1 Å². The molecule has 0 saturated heterocycles. The number of aliphatic hydroxyl groups excluding tert-OH is 1. The first kappa shape index (κ1) is 29.1. The lowest BCUT2D eigenvalue weighted by Gasteiger charge is -2.15. The van der Waals surface area contributed by atoms with Crippen LogP contribution in [-0.2, 0) is 22.6 Å². The molecule has 0 spiro atoms. The molecule has 0 amide bonds. The summed E-state index contributed by atoms with van der Waals surface area (Å²) in [7, 11) is -3.73. The number of hydrogen-bond donors (Lipinski definition) is 1. The first-order valence-corrected chi connectivity index (χ1v) is 14.2. The van der Waals surface area contributed by atoms with Gasteiger partial charge in [-0.2, -0.15) is 13.2 Å². The van der Waals surface area contributed by atoms with Gasteiger partial charge in [-0.1, -0.05) is 18.2 Å². The number of nitrogens with zero attached hydrogens (tertiary/aromatic N) is 3. The molecule has 5 rings (SSSR count). The van der Waals surface area contributed by atoms with Gasteiger partial charge in [0.2, 0.25) is 0 Å². The van der Waals surface area contributed by atoms with Crippen LogP contribution in [0.1, 0.15) is 23.0 Å². The van der Waals surface area contributed by atoms with Gasteiger partial charge < -0.3 is 14.1 Å². The maximum absolute atomic E-state index is 14.2. The Bertz CT molecular complexity index is 1950. The standard InChI is InChI=1S/C29H22F5N3O4S/c1-15-35-26(29(32,33)34)13-37(15)24-9-7-17(18-4-5-20(14-38)25(12-18)42(3,39)40)10-21(24)27-28(41-16(2)36-27)19-6-8-22(30)23(31)11-19/h4-13,38H,14H2,1-3H3. The number of benzene rings is 3. The van der Waals surface area contributed by atoms with Crippen LogP contribution in [0.5, 0.6) is 0 Å². The number of oxazole rings is 1. The largest absolute Gasteiger partial charge is 0.440 e. The normalized spacial score (nSPS) is 12.2. The smallest absolute Gasteiger partial charge is 0.434 e. The molecule has 7 nitrogen and oxygen atoms in total. The molecule has 0 bridgehead atoms. The number of hydrogen-bond acceptors (Lipinski definition) is 6. The molecule has 0 aliphatic heterocycles. The molecule has 0 radical (unpaired) electrons. The van der Waals surface area contributed by atoms with Crippen LogP contribution in [0, 0.1) is 25.5 Å². The van der Waals surface area contributed by atoms with Gasteiger partial charge in [-0.15, -0.1) is 0 Å². The number of sulfone groups is 1. The molecule has 218 valence electrons. The molecule has 5 aromatic rings. The maximum Gasteiger partial charge on any atom is 0.434 e. The minimum atomic E-state index is -4.71. The summed E-state index contributed by atoms with van der Waals surface area (Å²) in [4.78, 5) is 7.99. The molecule has 0 aliphatic rings. The van der Waals surface area contributed by atoms with Gasteiger partial charge in [-0.25, -0.2) is 27.2 Å². The average molecular weight is 604 g/mol. The predicted molar refractivity (Wildman–Crippen MR) is 143 cm³/mol. The van der Waals surface area contributed by atoms with Crippen molar-refractivity contribution in [2.24, 2.45) is 0 Å². The van der Waals surface area contributed by atoms with Crippen LogP contribution in [-0.4, -0.2) is 34.3 Å². The van der Waals surface area contributed by atoms with E-state index in [-0.39, 0.29) is 50.4 Å². The molecule has 3 aromatic carbocycles. The van der Waals surface area contributed by atoms with Crippen LogP contribution < -0.4 is 0 Å². The van der Waals surface area contributed by atoms with E-state index < -0.39 is 39.9 Å². The van der Waals surface area contributed by atoms with E-state index >= 15 is 0 Å². The highest BCUT2D eigenvalue weighted by atomic mass is 32.2. The Balaban J connectivity index is 1.79. The number of aromatic nitrogens is 3. The lowest BCUT2D eigenvalue weighted by atomic mass is 9.97. The summed E-state index contributed by atoms with van der Waals surface area (Å²) in [6, 6.07) is 12.2. The van der Waals surface area contributed by atoms with E-state index in [1.165, 1.54) is 42.7 Å². The molecule has 2 heterocycles. The van der Waals surface area contributed by atoms with Gasteiger partial charge in [0.1, 0.15) is 11.5 Å². The van der Waals surface area contributed by atoms with E-state index in [0.717, 1.165) is 24.6 Å². The highest BCUT2D eigenvalue weighted by Gasteiger charge is 2.35. The second-order valence-corrected chi connectivity index (χ2v) is 11.5. The van der Waals surface area contributed by atoms with Crippen molar-refractivity contribution in [3.05, 3.63) is 95.4 Å². The van der Waals surface area contributed by atoms with Crippen molar-refractivity contribution in [1.29, 1.82) is 0 Å². The Hall–Kier alpha value is -4.36. The van der Waals surface area contributed by atoms with Crippen LogP contribution in [0.4, 0.5) is 22.0 Å². The van der Waals surface area contributed by atoms with Crippen molar-refractivity contribution in [3.8, 4) is 39.4 Å². The van der Waals surface area contributed by atoms with E-state index in [1.807, 2.05) is 0 Å². The van der Waals surface area contributed by atoms with Gasteiger partial charge in [0.25, 0.3) is 0 Å². The number of aliphatic hydroxyl groups is 1. The maximum atomic E-state index is 14.2. The third-order valence-corrected chi connectivity index (χ3v) is 7.75. The van der Waals surface area contributed by atoms with E-state index in [9.17, 15) is 35.5 Å². The molecule has 2 aromatic heterocycles. The molecule has 1 N–H and O–H groups in total. The first-order valence-electron chi connectivity index (χ1n) is 12.3. The van der Waals surface area contributed by atoms with Gasteiger partial charge in [0.05, 0.1) is 17.2 Å². The second-order valence-electron chi connectivity index (χ2n) is 9.57. The predicted octanol–water partition coefficient (Wildman–Crippen LogP) is 6.67. The SMILES string of the molecule is Cc1nc(-c2cc(-c3ccc(CO)c(S(C)(=O)=O)c3)ccc2-n2cc(C(F)(F)F)nc2C)c(-c2ccc(F)c(F)c2)o1. The van der Waals surface area contributed by atoms with Crippen LogP contribution in [0.15, 0.2) is 70.1 Å². The molecule has 42 heavy (non-hydrogen) atoms. The summed E-state index contributed by atoms with van der Waals surface area (Å²) in [5.41, 5.74) is 0.654. The topological polar surface area (TPSA) is 98.2 Å². The Morgan fingerprint density at radius 2 is 1.57 bits per heavy atom. The number of halogens is 5. The number of aryl methyl sites for hydroxylation is 2. The lowest BCUT2D eigenvalue weighted by Crippen LogP contribution is -2.05. The van der Waals surface area contributed by atoms with Crippen molar-refractivity contribution in [2.45, 2.75) is 31.5 Å². The summed E-state index contributed by atoms with van der Waals surface area (Å²) < 4.78 is 100. The highest BCUT2D eigenvalue weighted by Crippen LogP contribution is 2.40. The van der Waals surface area contributed by atoms with Gasteiger partial charge in [-0.3, -0.25) is 0 Å². The Morgan fingerprint density at radius 1 is 0.905 bits per heavy atom. The monoisotopic (exact) mass is 603 g/mol. The Labute approximate surface area is 236 Å². The van der Waals surface area contributed by atoms with Crippen LogP contribution in [0.3, 0.4) is 0 Å². The van der Waals surface area contributed by atoms with Gasteiger partial charge in [0.15, 0.2) is 38.8 Å². The molecular formula is C29H22F5N3O4S. The van der Waals surface area contributed by atoms with Crippen molar-refractivity contribution in [3.63, 3.8) is 0 Å². The quantitative estimate of drug-likeness (QED) is 0.218.